The van der Waals surface area contributed by atoms with Gasteiger partial charge < -0.3 is 5.11 Å². The van der Waals surface area contributed by atoms with Gasteiger partial charge >= 0.3 is 0 Å². The molecule has 0 aliphatic heterocycles. The lowest BCUT2D eigenvalue weighted by molar-refractivity contribution is 0.282. The molecule has 2 aromatic rings. The lowest BCUT2D eigenvalue weighted by Gasteiger charge is -2.09. The van der Waals surface area contributed by atoms with Gasteiger partial charge in [-0.25, -0.2) is 8.42 Å². The van der Waals surface area contributed by atoms with Crippen LogP contribution in [0.25, 0.3) is 0 Å². The van der Waals surface area contributed by atoms with Gasteiger partial charge in [-0.2, -0.15) is 0 Å². The lowest BCUT2D eigenvalue weighted by atomic mass is 10.1. The van der Waals surface area contributed by atoms with Crippen molar-refractivity contribution in [1.29, 1.82) is 0 Å². The van der Waals surface area contributed by atoms with Crippen LogP contribution in [0.4, 0.5) is 5.69 Å². The van der Waals surface area contributed by atoms with Crippen LogP contribution < -0.4 is 4.72 Å². The lowest BCUT2D eigenvalue weighted by Crippen LogP contribution is -2.15. The van der Waals surface area contributed by atoms with Crippen LogP contribution in [-0.4, -0.2) is 13.5 Å². The maximum absolute atomic E-state index is 12.0. The van der Waals surface area contributed by atoms with Gasteiger partial charge in [0.05, 0.1) is 12.4 Å². The summed E-state index contributed by atoms with van der Waals surface area (Å²) in [6.45, 7) is -0.113. The number of anilines is 1. The summed E-state index contributed by atoms with van der Waals surface area (Å²) in [5, 5.41) is 9.59. The normalized spacial score (nSPS) is 11.3. The van der Waals surface area contributed by atoms with Crippen LogP contribution >= 0.6 is 11.6 Å². The first-order chi connectivity index (χ1) is 9.48. The van der Waals surface area contributed by atoms with Gasteiger partial charge in [0.15, 0.2) is 0 Å². The van der Waals surface area contributed by atoms with Gasteiger partial charge in [-0.1, -0.05) is 35.9 Å². The number of benzene rings is 2. The highest BCUT2D eigenvalue weighted by atomic mass is 35.5. The van der Waals surface area contributed by atoms with Crippen molar-refractivity contribution in [2.75, 3.05) is 4.72 Å². The van der Waals surface area contributed by atoms with Crippen molar-refractivity contribution in [2.24, 2.45) is 0 Å². The second-order valence-corrected chi connectivity index (χ2v) is 6.50. The molecule has 0 fully saturated rings. The summed E-state index contributed by atoms with van der Waals surface area (Å²) in [7, 11) is -3.50. The zero-order valence-corrected chi connectivity index (χ0v) is 12.2. The molecule has 2 rings (SSSR count). The molecule has 0 aliphatic carbocycles. The summed E-state index contributed by atoms with van der Waals surface area (Å²) in [5.74, 6) is -0.149. The second-order valence-electron chi connectivity index (χ2n) is 4.35. The molecule has 0 spiro atoms. The van der Waals surface area contributed by atoms with E-state index in [-0.39, 0.29) is 12.4 Å². The van der Waals surface area contributed by atoms with Crippen LogP contribution in [0, 0.1) is 0 Å². The maximum atomic E-state index is 12.0. The Morgan fingerprint density at radius 3 is 2.35 bits per heavy atom. The summed E-state index contributed by atoms with van der Waals surface area (Å²) in [5.41, 5.74) is 1.77. The monoisotopic (exact) mass is 311 g/mol. The second kappa shape index (κ2) is 6.26. The van der Waals surface area contributed by atoms with Crippen molar-refractivity contribution >= 4 is 27.3 Å². The molecule has 0 unspecified atom stereocenters. The third kappa shape index (κ3) is 4.23. The van der Waals surface area contributed by atoms with Crippen molar-refractivity contribution in [3.8, 4) is 0 Å². The van der Waals surface area contributed by atoms with Gasteiger partial charge in [-0.3, -0.25) is 4.72 Å². The molecule has 0 radical (unpaired) electrons. The van der Waals surface area contributed by atoms with E-state index in [0.29, 0.717) is 21.8 Å². The van der Waals surface area contributed by atoms with E-state index in [4.69, 9.17) is 16.7 Å². The number of hydrogen-bond acceptors (Lipinski definition) is 3. The first-order valence-corrected chi connectivity index (χ1v) is 7.96. The van der Waals surface area contributed by atoms with Gasteiger partial charge in [0.2, 0.25) is 10.0 Å². The fourth-order valence-corrected chi connectivity index (χ4v) is 3.08. The molecular formula is C14H14ClNO3S. The fraction of sp³-hybridized carbons (Fsp3) is 0.143. The maximum Gasteiger partial charge on any atom is 0.236 e. The van der Waals surface area contributed by atoms with Crippen LogP contribution in [0.3, 0.4) is 0 Å². The Bertz CT molecular complexity index is 684. The Hall–Kier alpha value is -1.56. The first-order valence-electron chi connectivity index (χ1n) is 5.93. The van der Waals surface area contributed by atoms with E-state index in [1.54, 1.807) is 48.5 Å². The van der Waals surface area contributed by atoms with Gasteiger partial charge in [0.25, 0.3) is 0 Å². The van der Waals surface area contributed by atoms with Crippen molar-refractivity contribution < 1.29 is 13.5 Å². The number of halogens is 1. The summed E-state index contributed by atoms with van der Waals surface area (Å²) in [4.78, 5) is 0. The van der Waals surface area contributed by atoms with E-state index in [1.165, 1.54) is 0 Å². The van der Waals surface area contributed by atoms with Gasteiger partial charge in [-0.15, -0.1) is 0 Å². The van der Waals surface area contributed by atoms with Crippen LogP contribution in [0.1, 0.15) is 11.1 Å². The molecular weight excluding hydrogens is 298 g/mol. The molecule has 20 heavy (non-hydrogen) atoms. The molecule has 0 aromatic heterocycles. The first kappa shape index (κ1) is 14.8. The third-order valence-corrected chi connectivity index (χ3v) is 4.16. The zero-order valence-electron chi connectivity index (χ0n) is 10.6. The number of aliphatic hydroxyl groups is 1. The molecule has 0 aliphatic rings. The van der Waals surface area contributed by atoms with Crippen LogP contribution in [0.2, 0.25) is 5.02 Å². The molecule has 106 valence electrons. The Labute approximate surface area is 123 Å². The molecule has 0 atom stereocenters. The van der Waals surface area contributed by atoms with Gasteiger partial charge in [0, 0.05) is 10.7 Å². The predicted molar refractivity (Wildman–Crippen MR) is 80.1 cm³/mol. The summed E-state index contributed by atoms with van der Waals surface area (Å²) >= 11 is 5.75. The molecule has 6 heteroatoms. The number of aliphatic hydroxyl groups excluding tert-OH is 1. The Kier molecular flexibility index (Phi) is 4.65. The highest BCUT2D eigenvalue weighted by molar-refractivity contribution is 7.91. The minimum absolute atomic E-state index is 0.113. The highest BCUT2D eigenvalue weighted by Crippen LogP contribution is 2.16. The fourth-order valence-electron chi connectivity index (χ4n) is 1.77. The Balaban J connectivity index is 2.12. The summed E-state index contributed by atoms with van der Waals surface area (Å²) in [6.07, 6.45) is 0. The third-order valence-electron chi connectivity index (χ3n) is 2.65. The van der Waals surface area contributed by atoms with Gasteiger partial charge in [-0.05, 0) is 35.4 Å². The summed E-state index contributed by atoms with van der Waals surface area (Å²) < 4.78 is 26.6. The number of rotatable bonds is 5. The minimum atomic E-state index is -3.50. The minimum Gasteiger partial charge on any atom is -0.392 e. The Morgan fingerprint density at radius 2 is 1.70 bits per heavy atom. The van der Waals surface area contributed by atoms with Crippen LogP contribution in [-0.2, 0) is 22.4 Å². The zero-order chi connectivity index (χ0) is 14.6. The summed E-state index contributed by atoms with van der Waals surface area (Å²) in [6, 6.07) is 13.3. The average molecular weight is 312 g/mol. The topological polar surface area (TPSA) is 66.4 Å². The van der Waals surface area contributed by atoms with E-state index in [9.17, 15) is 8.42 Å². The SMILES string of the molecule is O=S(=O)(Cc1cccc(CO)c1)Nc1ccc(Cl)cc1. The number of hydrogen-bond donors (Lipinski definition) is 2. The highest BCUT2D eigenvalue weighted by Gasteiger charge is 2.12. The van der Waals surface area contributed by atoms with Crippen molar-refractivity contribution in [3.05, 3.63) is 64.7 Å². The molecule has 0 saturated heterocycles. The van der Waals surface area contributed by atoms with E-state index < -0.39 is 10.0 Å². The molecule has 4 nitrogen and oxygen atoms in total. The standard InChI is InChI=1S/C14H14ClNO3S/c15-13-4-6-14(7-5-13)16-20(18,19)10-12-3-1-2-11(8-12)9-17/h1-8,16-17H,9-10H2. The van der Waals surface area contributed by atoms with Crippen molar-refractivity contribution in [2.45, 2.75) is 12.4 Å². The van der Waals surface area contributed by atoms with Crippen LogP contribution in [0.15, 0.2) is 48.5 Å². The van der Waals surface area contributed by atoms with E-state index in [0.717, 1.165) is 0 Å². The van der Waals surface area contributed by atoms with Gasteiger partial charge in [0.1, 0.15) is 0 Å². The van der Waals surface area contributed by atoms with E-state index >= 15 is 0 Å². The predicted octanol–water partition coefficient (Wildman–Crippen LogP) is 2.77. The molecule has 0 amide bonds. The molecule has 0 bridgehead atoms. The smallest absolute Gasteiger partial charge is 0.236 e. The quantitative estimate of drug-likeness (QED) is 0.892. The molecule has 2 aromatic carbocycles. The molecule has 0 saturated carbocycles. The molecule has 2 N–H and O–H groups in total. The average Bonchev–Trinajstić information content (AvgIpc) is 2.41. The Morgan fingerprint density at radius 1 is 1.05 bits per heavy atom. The van der Waals surface area contributed by atoms with Crippen LogP contribution in [0.5, 0.6) is 0 Å². The number of sulfonamides is 1. The van der Waals surface area contributed by atoms with E-state index in [1.807, 2.05) is 0 Å². The van der Waals surface area contributed by atoms with Crippen molar-refractivity contribution in [1.82, 2.24) is 0 Å². The largest absolute Gasteiger partial charge is 0.392 e. The number of nitrogens with one attached hydrogen (secondary N) is 1. The van der Waals surface area contributed by atoms with E-state index in [2.05, 4.69) is 4.72 Å². The van der Waals surface area contributed by atoms with Crippen molar-refractivity contribution in [3.63, 3.8) is 0 Å². The molecule has 0 heterocycles.